The summed E-state index contributed by atoms with van der Waals surface area (Å²) in [6.45, 7) is 3.72. The number of nitrogens with one attached hydrogen (secondary N) is 4. The number of hydrogen-bond donors (Lipinski definition) is 4. The van der Waals surface area contributed by atoms with Crippen LogP contribution in [0.15, 0.2) is 109 Å². The Morgan fingerprint density at radius 1 is 0.683 bits per heavy atom. The zero-order valence-corrected chi connectivity index (χ0v) is 32.7. The number of fused-ring (bicyclic) bond motifs is 2. The minimum absolute atomic E-state index is 0.0194. The molecule has 0 radical (unpaired) electrons. The van der Waals surface area contributed by atoms with Gasteiger partial charge in [0.1, 0.15) is 22.8 Å². The van der Waals surface area contributed by atoms with Crippen LogP contribution in [0.5, 0.6) is 0 Å². The van der Waals surface area contributed by atoms with E-state index in [9.17, 15) is 9.59 Å². The van der Waals surface area contributed by atoms with Crippen molar-refractivity contribution in [2.75, 3.05) is 32.7 Å². The Balaban J connectivity index is 0.658. The molecule has 2 saturated heterocycles. The van der Waals surface area contributed by atoms with Crippen molar-refractivity contribution in [3.63, 3.8) is 0 Å². The maximum atomic E-state index is 13.1. The van der Waals surface area contributed by atoms with E-state index in [2.05, 4.69) is 56.6 Å². The molecule has 0 bridgehead atoms. The highest BCUT2D eigenvalue weighted by Gasteiger charge is 2.34. The van der Waals surface area contributed by atoms with Gasteiger partial charge in [-0.2, -0.15) is 10.2 Å². The molecule has 4 N–H and O–H groups in total. The molecule has 4 aromatic heterocycles. The van der Waals surface area contributed by atoms with Crippen molar-refractivity contribution in [2.45, 2.75) is 37.9 Å². The molecule has 3 unspecified atom stereocenters. The second-order valence-electron chi connectivity index (χ2n) is 15.5. The summed E-state index contributed by atoms with van der Waals surface area (Å²) in [6.07, 6.45) is 7.90. The maximum Gasteiger partial charge on any atom is 0.251 e. The molecule has 10 rings (SSSR count). The quantitative estimate of drug-likeness (QED) is 0.125. The molecule has 8 aromatic rings. The molecule has 3 atom stereocenters. The number of rotatable bonds is 12. The van der Waals surface area contributed by atoms with Crippen LogP contribution in [-0.2, 0) is 4.74 Å². The van der Waals surface area contributed by atoms with Crippen LogP contribution in [0.25, 0.3) is 56.0 Å². The number of benzene rings is 4. The summed E-state index contributed by atoms with van der Waals surface area (Å²) in [5.41, 5.74) is 7.44. The van der Waals surface area contributed by atoms with Crippen LogP contribution in [0.1, 0.15) is 46.4 Å². The van der Waals surface area contributed by atoms with Crippen LogP contribution < -0.4 is 10.6 Å². The van der Waals surface area contributed by atoms with E-state index in [1.165, 1.54) is 0 Å². The van der Waals surface area contributed by atoms with Crippen LogP contribution >= 0.6 is 0 Å². The van der Waals surface area contributed by atoms with Crippen LogP contribution in [0, 0.1) is 5.92 Å². The Morgan fingerprint density at radius 2 is 1.25 bits per heavy atom. The minimum Gasteiger partial charge on any atom is -0.373 e. The van der Waals surface area contributed by atoms with E-state index >= 15 is 0 Å². The number of H-pyrrole nitrogens is 2. The minimum atomic E-state index is -0.137. The highest BCUT2D eigenvalue weighted by atomic mass is 16.5. The van der Waals surface area contributed by atoms with Crippen LogP contribution in [0.4, 0.5) is 0 Å². The highest BCUT2D eigenvalue weighted by molar-refractivity contribution is 5.95. The first-order chi connectivity index (χ1) is 29.5. The molecule has 4 aromatic carbocycles. The first-order valence-electron chi connectivity index (χ1n) is 20.4. The monoisotopic (exact) mass is 801 g/mol. The molecule has 0 aliphatic carbocycles. The molecule has 6 heterocycles. The number of likely N-dealkylation sites (tertiary alicyclic amines) is 1. The van der Waals surface area contributed by atoms with Crippen LogP contribution in [0.3, 0.4) is 0 Å². The standard InChI is InChI=1S/C44H43N13O3/c58-43(28-11-15-31(16-12-28)56-26-38(49-53-56)41-34-7-1-3-9-36(34)47-51-41)45-21-23-55-22-5-6-30(25-55)40-20-19-33(60-40)24-46-44(59)29-13-17-32(18-14-29)57-27-39(50-54-57)42-35-8-2-4-10-37(35)48-52-42/h1-4,7-18,26-27,30,33,40H,5-6,19-25H2,(H,45,58)(H,46,59)(H,47,51)(H,48,52). The van der Waals surface area contributed by atoms with E-state index in [-0.39, 0.29) is 24.0 Å². The number of piperidine rings is 1. The van der Waals surface area contributed by atoms with Crippen molar-refractivity contribution in [1.29, 1.82) is 0 Å². The van der Waals surface area contributed by atoms with Gasteiger partial charge in [-0.15, -0.1) is 10.2 Å². The average molecular weight is 802 g/mol. The van der Waals surface area contributed by atoms with Crippen molar-refractivity contribution in [3.8, 4) is 34.2 Å². The highest BCUT2D eigenvalue weighted by Crippen LogP contribution is 2.31. The number of aromatic nitrogens is 10. The Bertz CT molecular complexity index is 2770. The number of nitrogens with zero attached hydrogens (tertiary/aromatic N) is 9. The molecule has 0 saturated carbocycles. The molecule has 2 aliphatic heterocycles. The lowest BCUT2D eigenvalue weighted by molar-refractivity contribution is -0.0112. The number of ether oxygens (including phenoxy) is 1. The fraction of sp³-hybridized carbons (Fsp3) is 0.273. The van der Waals surface area contributed by atoms with Gasteiger partial charge in [-0.05, 0) is 98.8 Å². The van der Waals surface area contributed by atoms with Gasteiger partial charge in [-0.3, -0.25) is 19.8 Å². The zero-order chi connectivity index (χ0) is 40.4. The first kappa shape index (κ1) is 37.2. The molecule has 0 spiro atoms. The molecule has 302 valence electrons. The topological polar surface area (TPSA) is 189 Å². The molecule has 16 nitrogen and oxygen atoms in total. The van der Waals surface area contributed by atoms with Crippen molar-refractivity contribution in [2.24, 2.45) is 5.92 Å². The lowest BCUT2D eigenvalue weighted by Crippen LogP contribution is -2.44. The average Bonchev–Trinajstić information content (AvgIpc) is 4.16. The third-order valence-electron chi connectivity index (χ3n) is 11.6. The molecule has 2 fully saturated rings. The van der Waals surface area contributed by atoms with Crippen LogP contribution in [-0.4, -0.2) is 112 Å². The molecular weight excluding hydrogens is 759 g/mol. The fourth-order valence-electron chi connectivity index (χ4n) is 8.41. The lowest BCUT2D eigenvalue weighted by Gasteiger charge is -2.35. The zero-order valence-electron chi connectivity index (χ0n) is 32.7. The third-order valence-corrected chi connectivity index (χ3v) is 11.6. The number of amides is 2. The Morgan fingerprint density at radius 3 is 1.85 bits per heavy atom. The fourth-order valence-corrected chi connectivity index (χ4v) is 8.41. The van der Waals surface area contributed by atoms with E-state index in [1.54, 1.807) is 33.6 Å². The number of carbonyl (C=O) groups excluding carboxylic acids is 2. The van der Waals surface area contributed by atoms with Gasteiger partial charge in [-0.1, -0.05) is 46.8 Å². The van der Waals surface area contributed by atoms with Crippen molar-refractivity contribution >= 4 is 33.6 Å². The van der Waals surface area contributed by atoms with Gasteiger partial charge in [0.05, 0.1) is 47.0 Å². The summed E-state index contributed by atoms with van der Waals surface area (Å²) >= 11 is 0. The summed E-state index contributed by atoms with van der Waals surface area (Å²) in [5, 5.41) is 40.3. The number of para-hydroxylation sites is 2. The number of aromatic amines is 2. The molecule has 60 heavy (non-hydrogen) atoms. The van der Waals surface area contributed by atoms with Crippen molar-refractivity contribution in [1.82, 2.24) is 65.9 Å². The van der Waals surface area contributed by atoms with E-state index in [1.807, 2.05) is 85.2 Å². The number of carbonyl (C=O) groups is 2. The smallest absolute Gasteiger partial charge is 0.251 e. The third kappa shape index (κ3) is 7.65. The summed E-state index contributed by atoms with van der Waals surface area (Å²) in [5.74, 6) is 0.172. The predicted molar refractivity (Wildman–Crippen MR) is 225 cm³/mol. The lowest BCUT2D eigenvalue weighted by atomic mass is 9.91. The Labute approximate surface area is 344 Å². The van der Waals surface area contributed by atoms with Gasteiger partial charge in [0.2, 0.25) is 0 Å². The van der Waals surface area contributed by atoms with E-state index in [0.29, 0.717) is 41.5 Å². The summed E-state index contributed by atoms with van der Waals surface area (Å²) < 4.78 is 9.86. The van der Waals surface area contributed by atoms with E-state index in [4.69, 9.17) is 4.74 Å². The number of hydrogen-bond acceptors (Lipinski definition) is 10. The summed E-state index contributed by atoms with van der Waals surface area (Å²) in [7, 11) is 0. The SMILES string of the molecule is O=C(NCCN1CCCC(C2CCC(CNC(=O)c3ccc(-n4cc(-c5n[nH]c6ccccc56)nn4)cc3)O2)C1)c1ccc(-n2cc(-c3n[nH]c4ccccc34)nn2)cc1. The summed E-state index contributed by atoms with van der Waals surface area (Å²) in [4.78, 5) is 28.5. The second kappa shape index (κ2) is 16.3. The van der Waals surface area contributed by atoms with Gasteiger partial charge in [0.25, 0.3) is 11.8 Å². The summed E-state index contributed by atoms with van der Waals surface area (Å²) in [6, 6.07) is 30.4. The van der Waals surface area contributed by atoms with Gasteiger partial charge in [-0.25, -0.2) is 9.36 Å². The molecule has 16 heteroatoms. The largest absolute Gasteiger partial charge is 0.373 e. The molecule has 2 amide bonds. The molecule has 2 aliphatic rings. The van der Waals surface area contributed by atoms with Crippen LogP contribution in [0.2, 0.25) is 0 Å². The van der Waals surface area contributed by atoms with Gasteiger partial charge in [0.15, 0.2) is 0 Å². The van der Waals surface area contributed by atoms with Crippen molar-refractivity contribution in [3.05, 3.63) is 121 Å². The van der Waals surface area contributed by atoms with E-state index < -0.39 is 0 Å². The second-order valence-corrected chi connectivity index (χ2v) is 15.5. The normalized spacial score (nSPS) is 18.3. The Kier molecular flexibility index (Phi) is 10.1. The first-order valence-corrected chi connectivity index (χ1v) is 20.4. The van der Waals surface area contributed by atoms with Gasteiger partial charge >= 0.3 is 0 Å². The van der Waals surface area contributed by atoms with Crippen molar-refractivity contribution < 1.29 is 14.3 Å². The molecular formula is C44H43N13O3. The maximum absolute atomic E-state index is 13.1. The Hall–Kier alpha value is -7.04. The predicted octanol–water partition coefficient (Wildman–Crippen LogP) is 5.35. The van der Waals surface area contributed by atoms with Gasteiger partial charge < -0.3 is 20.3 Å². The van der Waals surface area contributed by atoms with Gasteiger partial charge in [0, 0.05) is 48.1 Å². The van der Waals surface area contributed by atoms with E-state index in [0.717, 1.165) is 89.9 Å².